The van der Waals surface area contributed by atoms with Crippen molar-refractivity contribution < 1.29 is 4.42 Å². The normalized spacial score (nSPS) is 16.6. The molecule has 1 atom stereocenters. The quantitative estimate of drug-likeness (QED) is 0.487. The third-order valence-corrected chi connectivity index (χ3v) is 5.78. The number of nitrogens with zero attached hydrogens (tertiary/aromatic N) is 1. The zero-order chi connectivity index (χ0) is 18.5. The summed E-state index contributed by atoms with van der Waals surface area (Å²) in [7, 11) is 0. The fourth-order valence-electron chi connectivity index (χ4n) is 4.28. The minimum atomic E-state index is 0.348. The fourth-order valence-corrected chi connectivity index (χ4v) is 4.28. The maximum Gasteiger partial charge on any atom is 0.153 e. The van der Waals surface area contributed by atoms with Gasteiger partial charge < -0.3 is 9.73 Å². The molecule has 1 aliphatic carbocycles. The van der Waals surface area contributed by atoms with Gasteiger partial charge in [0.05, 0.1) is 11.7 Å². The van der Waals surface area contributed by atoms with Gasteiger partial charge in [-0.25, -0.2) is 4.98 Å². The summed E-state index contributed by atoms with van der Waals surface area (Å²) in [5.74, 6) is 1.54. The number of para-hydroxylation sites is 1. The zero-order valence-electron chi connectivity index (χ0n) is 16.3. The first kappa shape index (κ1) is 18.2. The molecule has 3 heteroatoms. The lowest BCUT2D eigenvalue weighted by atomic mass is 9.82. The number of nitrogens with one attached hydrogen (secondary N) is 1. The number of furan rings is 1. The minimum absolute atomic E-state index is 0.348. The van der Waals surface area contributed by atoms with E-state index >= 15 is 0 Å². The Labute approximate surface area is 162 Å². The first-order valence-electron chi connectivity index (χ1n) is 10.5. The Morgan fingerprint density at radius 2 is 1.93 bits per heavy atom. The van der Waals surface area contributed by atoms with Crippen LogP contribution in [0.5, 0.6) is 0 Å². The molecule has 3 aromatic rings. The zero-order valence-corrected chi connectivity index (χ0v) is 16.3. The molecule has 0 saturated heterocycles. The molecule has 1 N–H and O–H groups in total. The first-order chi connectivity index (χ1) is 13.3. The number of aromatic nitrogens is 1. The van der Waals surface area contributed by atoms with Crippen molar-refractivity contribution in [1.29, 1.82) is 0 Å². The van der Waals surface area contributed by atoms with E-state index in [1.54, 1.807) is 0 Å². The van der Waals surface area contributed by atoms with Gasteiger partial charge in [0.15, 0.2) is 5.76 Å². The van der Waals surface area contributed by atoms with Gasteiger partial charge in [0.25, 0.3) is 0 Å². The third-order valence-electron chi connectivity index (χ3n) is 5.78. The average Bonchev–Trinajstić information content (AvgIpc) is 3.16. The van der Waals surface area contributed by atoms with Crippen LogP contribution in [0.1, 0.15) is 63.6 Å². The lowest BCUT2D eigenvalue weighted by Crippen LogP contribution is -2.31. The summed E-state index contributed by atoms with van der Waals surface area (Å²) in [6, 6.07) is 17.0. The summed E-state index contributed by atoms with van der Waals surface area (Å²) in [5.41, 5.74) is 3.02. The second kappa shape index (κ2) is 8.71. The Bertz CT molecular complexity index is 830. The van der Waals surface area contributed by atoms with E-state index in [9.17, 15) is 0 Å². The molecule has 2 heterocycles. The van der Waals surface area contributed by atoms with Crippen LogP contribution in [0.3, 0.4) is 0 Å². The van der Waals surface area contributed by atoms with Crippen LogP contribution in [0.25, 0.3) is 22.4 Å². The Morgan fingerprint density at radius 1 is 1.07 bits per heavy atom. The molecule has 1 aromatic carbocycles. The number of rotatable bonds is 7. The van der Waals surface area contributed by atoms with Crippen LogP contribution in [0.4, 0.5) is 0 Å². The highest BCUT2D eigenvalue weighted by molar-refractivity contribution is 5.82. The maximum atomic E-state index is 6.05. The molecule has 0 spiro atoms. The van der Waals surface area contributed by atoms with Crippen molar-refractivity contribution in [3.8, 4) is 11.5 Å². The second-order valence-electron chi connectivity index (χ2n) is 7.78. The Balaban J connectivity index is 1.62. The molecule has 0 radical (unpaired) electrons. The highest BCUT2D eigenvalue weighted by atomic mass is 16.3. The van der Waals surface area contributed by atoms with Gasteiger partial charge in [-0.2, -0.15) is 0 Å². The van der Waals surface area contributed by atoms with E-state index < -0.39 is 0 Å². The number of hydrogen-bond acceptors (Lipinski definition) is 3. The number of fused-ring (bicyclic) bond motifs is 1. The van der Waals surface area contributed by atoms with Crippen molar-refractivity contribution in [2.24, 2.45) is 5.92 Å². The van der Waals surface area contributed by atoms with Gasteiger partial charge in [0.1, 0.15) is 11.3 Å². The van der Waals surface area contributed by atoms with E-state index in [0.29, 0.717) is 12.0 Å². The molecule has 142 valence electrons. The molecule has 0 aliphatic heterocycles. The number of unbranched alkanes of at least 4 members (excludes halogenated alkanes) is 1. The van der Waals surface area contributed by atoms with Crippen molar-refractivity contribution in [2.75, 3.05) is 6.54 Å². The standard InChI is InChI=1S/C24H30N2O/c1-2-3-16-25-24(18-10-5-4-6-11-18)21-14-9-13-20(26-21)23-17-19-12-7-8-15-22(19)27-23/h7-9,12-15,17-18,24-25H,2-6,10-11,16H2,1H3. The molecule has 1 aliphatic rings. The van der Waals surface area contributed by atoms with Crippen LogP contribution in [0.2, 0.25) is 0 Å². The molecule has 1 fully saturated rings. The summed E-state index contributed by atoms with van der Waals surface area (Å²) in [6.07, 6.45) is 9.12. The van der Waals surface area contributed by atoms with Crippen LogP contribution >= 0.6 is 0 Å². The summed E-state index contributed by atoms with van der Waals surface area (Å²) >= 11 is 0. The van der Waals surface area contributed by atoms with Crippen LogP contribution < -0.4 is 5.32 Å². The predicted molar refractivity (Wildman–Crippen MR) is 112 cm³/mol. The van der Waals surface area contributed by atoms with Gasteiger partial charge in [-0.1, -0.05) is 56.9 Å². The topological polar surface area (TPSA) is 38.1 Å². The monoisotopic (exact) mass is 362 g/mol. The van der Waals surface area contributed by atoms with Crippen LogP contribution in [0.15, 0.2) is 52.9 Å². The van der Waals surface area contributed by atoms with E-state index in [1.807, 2.05) is 18.2 Å². The molecule has 27 heavy (non-hydrogen) atoms. The summed E-state index contributed by atoms with van der Waals surface area (Å²) in [4.78, 5) is 5.04. The average molecular weight is 363 g/mol. The van der Waals surface area contributed by atoms with Gasteiger partial charge in [-0.3, -0.25) is 0 Å². The van der Waals surface area contributed by atoms with Gasteiger partial charge in [0, 0.05) is 5.39 Å². The van der Waals surface area contributed by atoms with Gasteiger partial charge in [-0.05, 0) is 56.0 Å². The largest absolute Gasteiger partial charge is 0.454 e. The smallest absolute Gasteiger partial charge is 0.153 e. The van der Waals surface area contributed by atoms with E-state index in [0.717, 1.165) is 34.7 Å². The van der Waals surface area contributed by atoms with Crippen LogP contribution in [-0.2, 0) is 0 Å². The third kappa shape index (κ3) is 4.24. The lowest BCUT2D eigenvalue weighted by Gasteiger charge is -2.31. The Morgan fingerprint density at radius 3 is 2.74 bits per heavy atom. The molecule has 3 nitrogen and oxygen atoms in total. The van der Waals surface area contributed by atoms with E-state index in [1.165, 1.54) is 44.9 Å². The SMILES string of the molecule is CCCCNC(c1cccc(-c2cc3ccccc3o2)n1)C1CCCCC1. The summed E-state index contributed by atoms with van der Waals surface area (Å²) < 4.78 is 6.05. The molecule has 0 bridgehead atoms. The van der Waals surface area contributed by atoms with Crippen molar-refractivity contribution in [2.45, 2.75) is 57.9 Å². The number of pyridine rings is 1. The molecule has 1 unspecified atom stereocenters. The molecule has 2 aromatic heterocycles. The van der Waals surface area contributed by atoms with E-state index in [2.05, 4.69) is 42.6 Å². The number of benzene rings is 1. The van der Waals surface area contributed by atoms with Crippen LogP contribution in [0, 0.1) is 5.92 Å². The van der Waals surface area contributed by atoms with Crippen molar-refractivity contribution in [3.05, 3.63) is 54.2 Å². The highest BCUT2D eigenvalue weighted by Crippen LogP contribution is 2.35. The minimum Gasteiger partial charge on any atom is -0.454 e. The van der Waals surface area contributed by atoms with Crippen molar-refractivity contribution in [3.63, 3.8) is 0 Å². The molecule has 0 amide bonds. The van der Waals surface area contributed by atoms with Gasteiger partial charge in [0.2, 0.25) is 0 Å². The first-order valence-corrected chi connectivity index (χ1v) is 10.5. The van der Waals surface area contributed by atoms with Crippen molar-refractivity contribution >= 4 is 11.0 Å². The molecular weight excluding hydrogens is 332 g/mol. The van der Waals surface area contributed by atoms with E-state index in [4.69, 9.17) is 9.40 Å². The van der Waals surface area contributed by atoms with Gasteiger partial charge in [-0.15, -0.1) is 0 Å². The summed E-state index contributed by atoms with van der Waals surface area (Å²) in [5, 5.41) is 4.95. The molecule has 4 rings (SSSR count). The lowest BCUT2D eigenvalue weighted by molar-refractivity contribution is 0.267. The highest BCUT2D eigenvalue weighted by Gasteiger charge is 2.26. The maximum absolute atomic E-state index is 6.05. The van der Waals surface area contributed by atoms with E-state index in [-0.39, 0.29) is 0 Å². The fraction of sp³-hybridized carbons (Fsp3) is 0.458. The Hall–Kier alpha value is -2.13. The molecule has 1 saturated carbocycles. The second-order valence-corrected chi connectivity index (χ2v) is 7.78. The molecular formula is C24H30N2O. The predicted octanol–water partition coefficient (Wildman–Crippen LogP) is 6.51. The summed E-state index contributed by atoms with van der Waals surface area (Å²) in [6.45, 7) is 3.31. The Kier molecular flexibility index (Phi) is 5.88. The number of hydrogen-bond donors (Lipinski definition) is 1. The van der Waals surface area contributed by atoms with Crippen LogP contribution in [-0.4, -0.2) is 11.5 Å². The van der Waals surface area contributed by atoms with Crippen molar-refractivity contribution in [1.82, 2.24) is 10.3 Å². The van der Waals surface area contributed by atoms with Gasteiger partial charge >= 0.3 is 0 Å².